The molecule has 0 bridgehead atoms. The molecular weight excluding hydrogens is 313 g/mol. The Morgan fingerprint density at radius 2 is 2.00 bits per heavy atom. The second kappa shape index (κ2) is 5.99. The Labute approximate surface area is 133 Å². The molecule has 7 heteroatoms. The summed E-state index contributed by atoms with van der Waals surface area (Å²) in [5, 5.41) is 15.0. The first kappa shape index (κ1) is 14.9. The van der Waals surface area contributed by atoms with Crippen molar-refractivity contribution in [3.05, 3.63) is 32.3 Å². The van der Waals surface area contributed by atoms with Crippen molar-refractivity contribution in [3.8, 4) is 0 Å². The number of nitrogens with one attached hydrogen (secondary N) is 1. The Kier molecular flexibility index (Phi) is 4.24. The second-order valence-corrected chi connectivity index (χ2v) is 6.55. The number of nitrogens with zero attached hydrogens (tertiary/aromatic N) is 2. The third-order valence-corrected chi connectivity index (χ3v) is 5.14. The third-order valence-electron chi connectivity index (χ3n) is 4.42. The molecule has 2 aliphatic heterocycles. The van der Waals surface area contributed by atoms with Crippen LogP contribution in [0.3, 0.4) is 0 Å². The minimum Gasteiger partial charge on any atom is -0.377 e. The topological polar surface area (TPSA) is 58.4 Å². The normalized spacial score (nSPS) is 25.6. The smallest absolute Gasteiger partial charge is 0.293 e. The maximum Gasteiger partial charge on any atom is 0.293 e. The van der Waals surface area contributed by atoms with E-state index >= 15 is 0 Å². The number of anilines is 1. The van der Waals surface area contributed by atoms with Crippen molar-refractivity contribution in [2.45, 2.75) is 37.8 Å². The molecule has 1 aromatic carbocycles. The van der Waals surface area contributed by atoms with Gasteiger partial charge in [0.25, 0.3) is 5.69 Å². The summed E-state index contributed by atoms with van der Waals surface area (Å²) in [6.07, 6.45) is 4.50. The highest BCUT2D eigenvalue weighted by molar-refractivity contribution is 6.42. The lowest BCUT2D eigenvalue weighted by molar-refractivity contribution is -0.384. The second-order valence-electron chi connectivity index (χ2n) is 5.74. The SMILES string of the molecule is O=[N+]([O-])c1cc(Cl)c(Cl)cc1NC1CCN2CCCC2C1. The fourth-order valence-corrected chi connectivity index (χ4v) is 3.70. The van der Waals surface area contributed by atoms with E-state index in [2.05, 4.69) is 10.2 Å². The molecule has 2 atom stereocenters. The van der Waals surface area contributed by atoms with Gasteiger partial charge in [0.05, 0.1) is 15.0 Å². The van der Waals surface area contributed by atoms with Crippen molar-refractivity contribution in [2.75, 3.05) is 18.4 Å². The average Bonchev–Trinajstić information content (AvgIpc) is 2.89. The predicted octanol–water partition coefficient (Wildman–Crippen LogP) is 3.94. The number of rotatable bonds is 3. The number of hydrogen-bond acceptors (Lipinski definition) is 4. The first-order valence-electron chi connectivity index (χ1n) is 7.18. The molecule has 1 aromatic rings. The molecule has 2 fully saturated rings. The van der Waals surface area contributed by atoms with Crippen molar-refractivity contribution in [3.63, 3.8) is 0 Å². The van der Waals surface area contributed by atoms with Crippen molar-refractivity contribution in [1.82, 2.24) is 4.90 Å². The number of hydrogen-bond donors (Lipinski definition) is 1. The summed E-state index contributed by atoms with van der Waals surface area (Å²) in [6.45, 7) is 2.24. The van der Waals surface area contributed by atoms with Crippen molar-refractivity contribution in [2.24, 2.45) is 0 Å². The van der Waals surface area contributed by atoms with Crippen LogP contribution in [0.15, 0.2) is 12.1 Å². The van der Waals surface area contributed by atoms with E-state index in [1.165, 1.54) is 25.5 Å². The Bertz CT molecular complexity index is 567. The van der Waals surface area contributed by atoms with E-state index in [-0.39, 0.29) is 16.8 Å². The predicted molar refractivity (Wildman–Crippen MR) is 84.4 cm³/mol. The van der Waals surface area contributed by atoms with Gasteiger partial charge in [-0.3, -0.25) is 10.1 Å². The van der Waals surface area contributed by atoms with Crippen molar-refractivity contribution in [1.29, 1.82) is 0 Å². The summed E-state index contributed by atoms with van der Waals surface area (Å²) >= 11 is 11.9. The molecule has 2 heterocycles. The van der Waals surface area contributed by atoms with Gasteiger partial charge in [0, 0.05) is 24.7 Å². The zero-order valence-corrected chi connectivity index (χ0v) is 13.0. The summed E-state index contributed by atoms with van der Waals surface area (Å²) in [5.41, 5.74) is 0.448. The van der Waals surface area contributed by atoms with E-state index in [9.17, 15) is 10.1 Å². The number of benzene rings is 1. The summed E-state index contributed by atoms with van der Waals surface area (Å²) in [6, 6.07) is 3.73. The quantitative estimate of drug-likeness (QED) is 0.674. The van der Waals surface area contributed by atoms with E-state index in [0.29, 0.717) is 16.8 Å². The van der Waals surface area contributed by atoms with Crippen LogP contribution in [0, 0.1) is 10.1 Å². The molecule has 2 unspecified atom stereocenters. The third kappa shape index (κ3) is 3.10. The van der Waals surface area contributed by atoms with Crippen LogP contribution < -0.4 is 5.32 Å². The Hall–Kier alpha value is -1.04. The molecule has 0 aliphatic carbocycles. The zero-order valence-electron chi connectivity index (χ0n) is 11.5. The molecule has 0 aromatic heterocycles. The van der Waals surface area contributed by atoms with Crippen LogP contribution in [0.2, 0.25) is 10.0 Å². The molecule has 2 aliphatic rings. The van der Waals surface area contributed by atoms with Gasteiger partial charge in [-0.25, -0.2) is 0 Å². The van der Waals surface area contributed by atoms with E-state index < -0.39 is 4.92 Å². The van der Waals surface area contributed by atoms with Gasteiger partial charge in [-0.1, -0.05) is 23.2 Å². The number of fused-ring (bicyclic) bond motifs is 1. The molecule has 0 radical (unpaired) electrons. The van der Waals surface area contributed by atoms with Gasteiger partial charge >= 0.3 is 0 Å². The lowest BCUT2D eigenvalue weighted by Crippen LogP contribution is -2.42. The minimum absolute atomic E-state index is 0.0155. The first-order valence-corrected chi connectivity index (χ1v) is 7.94. The summed E-state index contributed by atoms with van der Waals surface area (Å²) in [5.74, 6) is 0. The van der Waals surface area contributed by atoms with E-state index in [0.717, 1.165) is 19.4 Å². The van der Waals surface area contributed by atoms with Crippen LogP contribution >= 0.6 is 23.2 Å². The maximum atomic E-state index is 11.2. The molecular formula is C14H17Cl2N3O2. The number of nitro benzene ring substituents is 1. The lowest BCUT2D eigenvalue weighted by Gasteiger charge is -2.35. The van der Waals surface area contributed by atoms with Gasteiger partial charge in [0.2, 0.25) is 0 Å². The highest BCUT2D eigenvalue weighted by atomic mass is 35.5. The summed E-state index contributed by atoms with van der Waals surface area (Å²) in [7, 11) is 0. The summed E-state index contributed by atoms with van der Waals surface area (Å²) in [4.78, 5) is 13.3. The fourth-order valence-electron chi connectivity index (χ4n) is 3.38. The van der Waals surface area contributed by atoms with Crippen LogP contribution in [0.4, 0.5) is 11.4 Å². The number of nitro groups is 1. The van der Waals surface area contributed by atoms with Gasteiger partial charge in [0.1, 0.15) is 5.69 Å². The largest absolute Gasteiger partial charge is 0.377 e. The molecule has 1 N–H and O–H groups in total. The zero-order chi connectivity index (χ0) is 15.0. The number of halogens is 2. The first-order chi connectivity index (χ1) is 10.0. The molecule has 21 heavy (non-hydrogen) atoms. The van der Waals surface area contributed by atoms with E-state index in [1.807, 2.05) is 0 Å². The van der Waals surface area contributed by atoms with Crippen molar-refractivity contribution >= 4 is 34.6 Å². The van der Waals surface area contributed by atoms with Crippen LogP contribution in [0.1, 0.15) is 25.7 Å². The minimum atomic E-state index is -0.421. The average molecular weight is 330 g/mol. The highest BCUT2D eigenvalue weighted by Gasteiger charge is 2.32. The lowest BCUT2D eigenvalue weighted by atomic mass is 9.97. The summed E-state index contributed by atoms with van der Waals surface area (Å²) < 4.78 is 0. The monoisotopic (exact) mass is 329 g/mol. The fraction of sp³-hybridized carbons (Fsp3) is 0.571. The van der Waals surface area contributed by atoms with Gasteiger partial charge in [-0.05, 0) is 38.3 Å². The van der Waals surface area contributed by atoms with Crippen LogP contribution in [-0.2, 0) is 0 Å². The van der Waals surface area contributed by atoms with E-state index in [1.54, 1.807) is 6.07 Å². The Morgan fingerprint density at radius 1 is 1.24 bits per heavy atom. The van der Waals surface area contributed by atoms with Crippen molar-refractivity contribution < 1.29 is 4.92 Å². The molecule has 114 valence electrons. The molecule has 5 nitrogen and oxygen atoms in total. The maximum absolute atomic E-state index is 11.2. The van der Waals surface area contributed by atoms with Gasteiger partial charge < -0.3 is 10.2 Å². The molecule has 0 saturated carbocycles. The van der Waals surface area contributed by atoms with Gasteiger partial charge in [-0.15, -0.1) is 0 Å². The Morgan fingerprint density at radius 3 is 2.76 bits per heavy atom. The highest BCUT2D eigenvalue weighted by Crippen LogP contribution is 2.36. The van der Waals surface area contributed by atoms with Crippen LogP contribution in [0.25, 0.3) is 0 Å². The molecule has 0 spiro atoms. The Balaban J connectivity index is 1.78. The van der Waals surface area contributed by atoms with Gasteiger partial charge in [0.15, 0.2) is 0 Å². The molecule has 2 saturated heterocycles. The van der Waals surface area contributed by atoms with Crippen LogP contribution in [-0.4, -0.2) is 35.0 Å². The molecule has 3 rings (SSSR count). The van der Waals surface area contributed by atoms with E-state index in [4.69, 9.17) is 23.2 Å². The number of piperidine rings is 1. The standard InChI is InChI=1S/C14H17Cl2N3O2/c15-11-7-13(14(19(20)21)8-12(11)16)17-9-3-5-18-4-1-2-10(18)6-9/h7-10,17H,1-6H2. The molecule has 0 amide bonds. The van der Waals surface area contributed by atoms with Crippen LogP contribution in [0.5, 0.6) is 0 Å². The van der Waals surface area contributed by atoms with Gasteiger partial charge in [-0.2, -0.15) is 0 Å².